The summed E-state index contributed by atoms with van der Waals surface area (Å²) in [5, 5.41) is 9.34. The molecule has 0 aliphatic carbocycles. The van der Waals surface area contributed by atoms with Crippen LogP contribution in [0.4, 0.5) is 5.82 Å². The highest BCUT2D eigenvalue weighted by Crippen LogP contribution is 2.26. The van der Waals surface area contributed by atoms with E-state index in [1.165, 1.54) is 11.3 Å². The van der Waals surface area contributed by atoms with Crippen molar-refractivity contribution in [3.8, 4) is 0 Å². The maximum absolute atomic E-state index is 12.2. The van der Waals surface area contributed by atoms with Gasteiger partial charge in [-0.1, -0.05) is 6.07 Å². The van der Waals surface area contributed by atoms with E-state index in [1.54, 1.807) is 29.2 Å². The number of hydrogen-bond donors (Lipinski definition) is 2. The molecule has 0 fully saturated rings. The Hall–Kier alpha value is -1.38. The Morgan fingerprint density at radius 3 is 3.11 bits per heavy atom. The molecule has 1 aliphatic heterocycles. The average molecular weight is 298 g/mol. The van der Waals surface area contributed by atoms with Crippen molar-refractivity contribution in [2.75, 3.05) is 11.3 Å². The molecule has 3 heterocycles. The van der Waals surface area contributed by atoms with Crippen molar-refractivity contribution >= 4 is 27.2 Å². The predicted octanol–water partition coefficient (Wildman–Crippen LogP) is 0.928. The molecule has 0 spiro atoms. The van der Waals surface area contributed by atoms with E-state index in [9.17, 15) is 8.42 Å². The molecule has 0 aromatic carbocycles. The smallest absolute Gasteiger partial charge is 0.272 e. The van der Waals surface area contributed by atoms with Gasteiger partial charge in [-0.2, -0.15) is 5.10 Å². The Labute approximate surface area is 115 Å². The van der Waals surface area contributed by atoms with Gasteiger partial charge in [0.15, 0.2) is 0 Å². The maximum atomic E-state index is 12.2. The first-order valence-electron chi connectivity index (χ1n) is 5.90. The third-order valence-electron chi connectivity index (χ3n) is 3.06. The summed E-state index contributed by atoms with van der Waals surface area (Å²) in [7, 11) is -1.76. The lowest BCUT2D eigenvalue weighted by molar-refractivity contribution is 0.602. The van der Waals surface area contributed by atoms with Crippen molar-refractivity contribution in [2.24, 2.45) is 7.05 Å². The van der Waals surface area contributed by atoms with Gasteiger partial charge in [0.25, 0.3) is 10.0 Å². The minimum absolute atomic E-state index is 0.311. The SMILES string of the molecule is Cn1nc2c(c1NS(=O)(=O)c1cccs1)CNCC2. The molecule has 6 nitrogen and oxygen atoms in total. The van der Waals surface area contributed by atoms with Gasteiger partial charge in [-0.05, 0) is 11.4 Å². The molecule has 0 unspecified atom stereocenters. The van der Waals surface area contributed by atoms with Crippen molar-refractivity contribution < 1.29 is 8.42 Å². The molecule has 2 N–H and O–H groups in total. The summed E-state index contributed by atoms with van der Waals surface area (Å²) in [6, 6.07) is 3.31. The number of nitrogens with zero attached hydrogens (tertiary/aromatic N) is 2. The fourth-order valence-corrected chi connectivity index (χ4v) is 4.27. The van der Waals surface area contributed by atoms with E-state index in [-0.39, 0.29) is 0 Å². The third kappa shape index (κ3) is 2.26. The molecule has 0 bridgehead atoms. The highest BCUT2D eigenvalue weighted by atomic mass is 32.2. The standard InChI is InChI=1S/C11H14N4O2S2/c1-15-11(8-7-12-5-4-9(8)13-15)14-19(16,17)10-3-2-6-18-10/h2-3,6,12,14H,4-5,7H2,1H3. The first-order chi connectivity index (χ1) is 9.08. The molecule has 0 saturated carbocycles. The van der Waals surface area contributed by atoms with Crippen molar-refractivity contribution in [1.82, 2.24) is 15.1 Å². The summed E-state index contributed by atoms with van der Waals surface area (Å²) in [6.45, 7) is 1.52. The molecule has 0 atom stereocenters. The van der Waals surface area contributed by atoms with Crippen LogP contribution in [0, 0.1) is 0 Å². The Bertz CT molecular complexity index is 689. The number of hydrogen-bond acceptors (Lipinski definition) is 5. The van der Waals surface area contributed by atoms with E-state index >= 15 is 0 Å². The molecular formula is C11H14N4O2S2. The number of aromatic nitrogens is 2. The molecular weight excluding hydrogens is 284 g/mol. The number of sulfonamides is 1. The number of anilines is 1. The van der Waals surface area contributed by atoms with Gasteiger partial charge < -0.3 is 5.32 Å². The van der Waals surface area contributed by atoms with Crippen LogP contribution in [0.15, 0.2) is 21.7 Å². The van der Waals surface area contributed by atoms with Gasteiger partial charge in [-0.25, -0.2) is 8.42 Å². The maximum Gasteiger partial charge on any atom is 0.272 e. The minimum atomic E-state index is -3.52. The second kappa shape index (κ2) is 4.62. The van der Waals surface area contributed by atoms with Gasteiger partial charge in [0.2, 0.25) is 0 Å². The monoisotopic (exact) mass is 298 g/mol. The van der Waals surface area contributed by atoms with Gasteiger partial charge in [-0.3, -0.25) is 9.40 Å². The molecule has 19 heavy (non-hydrogen) atoms. The fourth-order valence-electron chi connectivity index (χ4n) is 2.15. The topological polar surface area (TPSA) is 76.0 Å². The normalized spacial score (nSPS) is 15.2. The molecule has 2 aromatic rings. The number of nitrogens with one attached hydrogen (secondary N) is 2. The van der Waals surface area contributed by atoms with Crippen molar-refractivity contribution in [2.45, 2.75) is 17.2 Å². The fraction of sp³-hybridized carbons (Fsp3) is 0.364. The van der Waals surface area contributed by atoms with Crippen LogP contribution in [0.1, 0.15) is 11.3 Å². The van der Waals surface area contributed by atoms with Crippen LogP contribution in [0.5, 0.6) is 0 Å². The number of aryl methyl sites for hydroxylation is 1. The molecule has 0 saturated heterocycles. The van der Waals surface area contributed by atoms with Gasteiger partial charge in [0.1, 0.15) is 10.0 Å². The van der Waals surface area contributed by atoms with Gasteiger partial charge in [-0.15, -0.1) is 11.3 Å². The molecule has 2 aromatic heterocycles. The van der Waals surface area contributed by atoms with Crippen LogP contribution >= 0.6 is 11.3 Å². The van der Waals surface area contributed by atoms with Gasteiger partial charge >= 0.3 is 0 Å². The Balaban J connectivity index is 1.98. The summed E-state index contributed by atoms with van der Waals surface area (Å²) >= 11 is 1.20. The highest BCUT2D eigenvalue weighted by molar-refractivity contribution is 7.94. The van der Waals surface area contributed by atoms with Crippen LogP contribution in [0.3, 0.4) is 0 Å². The third-order valence-corrected chi connectivity index (χ3v) is 5.80. The molecule has 102 valence electrons. The zero-order valence-electron chi connectivity index (χ0n) is 10.4. The van der Waals surface area contributed by atoms with E-state index in [4.69, 9.17) is 0 Å². The average Bonchev–Trinajstić information content (AvgIpc) is 2.99. The van der Waals surface area contributed by atoms with E-state index in [0.29, 0.717) is 16.6 Å². The van der Waals surface area contributed by atoms with Crippen LogP contribution in [0.2, 0.25) is 0 Å². The summed E-state index contributed by atoms with van der Waals surface area (Å²) in [4.78, 5) is 0. The lowest BCUT2D eigenvalue weighted by Gasteiger charge is -2.13. The van der Waals surface area contributed by atoms with Gasteiger partial charge in [0.05, 0.1) is 5.69 Å². The zero-order valence-corrected chi connectivity index (χ0v) is 12.0. The van der Waals surface area contributed by atoms with E-state index in [1.807, 2.05) is 0 Å². The van der Waals surface area contributed by atoms with Crippen LogP contribution in [-0.2, 0) is 30.0 Å². The van der Waals surface area contributed by atoms with E-state index < -0.39 is 10.0 Å². The highest BCUT2D eigenvalue weighted by Gasteiger charge is 2.24. The van der Waals surface area contributed by atoms with Crippen LogP contribution in [0.25, 0.3) is 0 Å². The van der Waals surface area contributed by atoms with E-state index in [0.717, 1.165) is 24.2 Å². The van der Waals surface area contributed by atoms with Crippen molar-refractivity contribution in [1.29, 1.82) is 0 Å². The summed E-state index contributed by atoms with van der Waals surface area (Å²) < 4.78 is 29.0. The van der Waals surface area contributed by atoms with Crippen LogP contribution in [-0.4, -0.2) is 24.7 Å². The number of thiophene rings is 1. The lowest BCUT2D eigenvalue weighted by atomic mass is 10.1. The predicted molar refractivity (Wildman–Crippen MR) is 73.7 cm³/mol. The Morgan fingerprint density at radius 1 is 1.53 bits per heavy atom. The van der Waals surface area contributed by atoms with Crippen molar-refractivity contribution in [3.05, 3.63) is 28.8 Å². The van der Waals surface area contributed by atoms with Crippen molar-refractivity contribution in [3.63, 3.8) is 0 Å². The summed E-state index contributed by atoms with van der Waals surface area (Å²) in [5.41, 5.74) is 1.90. The first-order valence-corrected chi connectivity index (χ1v) is 8.26. The minimum Gasteiger partial charge on any atom is -0.312 e. The molecule has 0 amide bonds. The zero-order chi connectivity index (χ0) is 13.5. The lowest BCUT2D eigenvalue weighted by Crippen LogP contribution is -2.24. The molecule has 0 radical (unpaired) electrons. The largest absolute Gasteiger partial charge is 0.312 e. The Morgan fingerprint density at radius 2 is 2.37 bits per heavy atom. The Kier molecular flexibility index (Phi) is 3.08. The number of rotatable bonds is 3. The van der Waals surface area contributed by atoms with Gasteiger partial charge in [0, 0.05) is 32.1 Å². The number of fused-ring (bicyclic) bond motifs is 1. The summed E-state index contributed by atoms with van der Waals surface area (Å²) in [5.74, 6) is 0.551. The second-order valence-corrected chi connectivity index (χ2v) is 7.22. The molecule has 3 rings (SSSR count). The first kappa shape index (κ1) is 12.6. The molecule has 1 aliphatic rings. The van der Waals surface area contributed by atoms with Crippen LogP contribution < -0.4 is 10.0 Å². The second-order valence-electron chi connectivity index (χ2n) is 4.36. The quantitative estimate of drug-likeness (QED) is 0.884. The summed E-state index contributed by atoms with van der Waals surface area (Å²) in [6.07, 6.45) is 0.823. The van der Waals surface area contributed by atoms with E-state index in [2.05, 4.69) is 15.1 Å². The molecule has 8 heteroatoms.